The molecule has 164 valence electrons. The van der Waals surface area contributed by atoms with E-state index < -0.39 is 45.7 Å². The number of halogens is 1. The highest BCUT2D eigenvalue weighted by atomic mass is 79.9. The lowest BCUT2D eigenvalue weighted by atomic mass is 9.90. The van der Waals surface area contributed by atoms with Gasteiger partial charge in [0.05, 0.1) is 34.4 Å². The summed E-state index contributed by atoms with van der Waals surface area (Å²) in [4.78, 5) is 49.3. The van der Waals surface area contributed by atoms with E-state index in [-0.39, 0.29) is 28.9 Å². The number of carbonyl (C=O) groups excluding carboxylic acids is 3. The second kappa shape index (κ2) is 8.71. The summed E-state index contributed by atoms with van der Waals surface area (Å²) in [5.74, 6) is -4.61. The molecule has 1 aliphatic rings. The third-order valence-electron chi connectivity index (χ3n) is 4.65. The van der Waals surface area contributed by atoms with Gasteiger partial charge in [-0.3, -0.25) is 24.5 Å². The molecule has 0 aliphatic heterocycles. The van der Waals surface area contributed by atoms with Gasteiger partial charge in [0.2, 0.25) is 0 Å². The van der Waals surface area contributed by atoms with E-state index >= 15 is 0 Å². The van der Waals surface area contributed by atoms with Gasteiger partial charge in [0, 0.05) is 6.07 Å². The molecule has 0 aromatic heterocycles. The van der Waals surface area contributed by atoms with E-state index in [0.29, 0.717) is 0 Å². The lowest BCUT2D eigenvalue weighted by Crippen LogP contribution is -2.36. The number of nitrogens with zero attached hydrogens (tertiary/aromatic N) is 1. The zero-order chi connectivity index (χ0) is 22.9. The first-order chi connectivity index (χ1) is 13.9. The van der Waals surface area contributed by atoms with E-state index in [1.807, 2.05) is 0 Å². The summed E-state index contributed by atoms with van der Waals surface area (Å²) < 4.78 is 15.9. The fourth-order valence-electron chi connectivity index (χ4n) is 3.50. The van der Waals surface area contributed by atoms with E-state index in [4.69, 9.17) is 14.2 Å². The lowest BCUT2D eigenvalue weighted by Gasteiger charge is -2.25. The van der Waals surface area contributed by atoms with Crippen LogP contribution in [0.1, 0.15) is 40.2 Å². The van der Waals surface area contributed by atoms with Crippen molar-refractivity contribution in [2.75, 3.05) is 13.2 Å². The first-order valence-corrected chi connectivity index (χ1v) is 10.2. The first-order valence-electron chi connectivity index (χ1n) is 9.42. The molecular weight excluding hydrogens is 462 g/mol. The van der Waals surface area contributed by atoms with Gasteiger partial charge >= 0.3 is 17.9 Å². The third kappa shape index (κ3) is 4.33. The van der Waals surface area contributed by atoms with Gasteiger partial charge in [-0.2, -0.15) is 0 Å². The second-order valence-electron chi connectivity index (χ2n) is 7.75. The summed E-state index contributed by atoms with van der Waals surface area (Å²) in [5, 5.41) is 11.2. The molecule has 2 rings (SSSR count). The van der Waals surface area contributed by atoms with Crippen LogP contribution in [0.2, 0.25) is 0 Å². The van der Waals surface area contributed by atoms with Crippen molar-refractivity contribution in [1.82, 2.24) is 0 Å². The number of nitro groups is 1. The molecule has 0 heterocycles. The molecule has 2 unspecified atom stereocenters. The Labute approximate surface area is 182 Å². The molecular formula is C20H24BrNO8. The van der Waals surface area contributed by atoms with Crippen molar-refractivity contribution in [2.45, 2.75) is 45.6 Å². The van der Waals surface area contributed by atoms with Crippen molar-refractivity contribution in [2.24, 2.45) is 11.8 Å². The molecule has 9 nitrogen and oxygen atoms in total. The zero-order valence-corrected chi connectivity index (χ0v) is 19.0. The molecule has 0 saturated heterocycles. The number of benzene rings is 1. The molecule has 1 saturated carbocycles. The smallest absolute Gasteiger partial charge is 0.318 e. The van der Waals surface area contributed by atoms with Gasteiger partial charge in [0.25, 0.3) is 5.69 Å². The van der Waals surface area contributed by atoms with Crippen LogP contribution in [0.25, 0.3) is 0 Å². The van der Waals surface area contributed by atoms with Crippen molar-refractivity contribution >= 4 is 39.5 Å². The Bertz CT molecular complexity index is 852. The summed E-state index contributed by atoms with van der Waals surface area (Å²) in [6, 6.07) is 3.90. The summed E-state index contributed by atoms with van der Waals surface area (Å²) in [5.41, 5.74) is -2.60. The van der Waals surface area contributed by atoms with Crippen LogP contribution >= 0.6 is 15.9 Å². The molecule has 1 aliphatic carbocycles. The molecule has 0 N–H and O–H groups in total. The van der Waals surface area contributed by atoms with Crippen molar-refractivity contribution in [1.29, 1.82) is 0 Å². The van der Waals surface area contributed by atoms with Crippen molar-refractivity contribution in [3.05, 3.63) is 38.3 Å². The van der Waals surface area contributed by atoms with E-state index in [1.165, 1.54) is 18.2 Å². The number of hydrogen-bond donors (Lipinski definition) is 0. The zero-order valence-electron chi connectivity index (χ0n) is 17.4. The Morgan fingerprint density at radius 3 is 1.97 bits per heavy atom. The molecule has 0 radical (unpaired) electrons. The standard InChI is InChI=1S/C20H24BrNO8/c1-6-28-16(23)14-15(17(24)29-7-2)20(14,18(25)30-19(3,4)5)11-8-9-13(22(26)27)12(21)10-11/h8-10,14-15H,6-7H2,1-5H3. The number of ether oxygens (including phenoxy) is 3. The molecule has 0 amide bonds. The normalized spacial score (nSPS) is 22.7. The quantitative estimate of drug-likeness (QED) is 0.249. The summed E-state index contributed by atoms with van der Waals surface area (Å²) >= 11 is 3.13. The van der Waals surface area contributed by atoms with Crippen LogP contribution in [0, 0.1) is 22.0 Å². The van der Waals surface area contributed by atoms with Crippen molar-refractivity contribution < 1.29 is 33.5 Å². The maximum Gasteiger partial charge on any atom is 0.318 e. The molecule has 1 aromatic carbocycles. The number of carbonyl (C=O) groups is 3. The van der Waals surface area contributed by atoms with E-state index in [0.717, 1.165) is 0 Å². The van der Waals surface area contributed by atoms with Gasteiger partial charge in [-0.05, 0) is 62.2 Å². The predicted octanol–water partition coefficient (Wildman–Crippen LogP) is 3.31. The molecule has 0 bridgehead atoms. The topological polar surface area (TPSA) is 122 Å². The van der Waals surface area contributed by atoms with Crippen LogP contribution < -0.4 is 0 Å². The number of rotatable bonds is 7. The molecule has 1 fully saturated rings. The van der Waals surface area contributed by atoms with Crippen LogP contribution in [0.3, 0.4) is 0 Å². The first kappa shape index (κ1) is 23.8. The molecule has 10 heteroatoms. The highest BCUT2D eigenvalue weighted by Gasteiger charge is 2.79. The highest BCUT2D eigenvalue weighted by molar-refractivity contribution is 9.10. The van der Waals surface area contributed by atoms with Crippen molar-refractivity contribution in [3.63, 3.8) is 0 Å². The van der Waals surface area contributed by atoms with Gasteiger partial charge in [-0.25, -0.2) is 0 Å². The largest absolute Gasteiger partial charge is 0.466 e. The Morgan fingerprint density at radius 2 is 1.60 bits per heavy atom. The third-order valence-corrected chi connectivity index (χ3v) is 5.28. The fourth-order valence-corrected chi connectivity index (χ4v) is 4.03. The molecule has 0 spiro atoms. The van der Waals surface area contributed by atoms with Gasteiger partial charge in [0.15, 0.2) is 0 Å². The van der Waals surface area contributed by atoms with Gasteiger partial charge in [-0.15, -0.1) is 0 Å². The molecule has 2 atom stereocenters. The minimum absolute atomic E-state index is 0.0548. The Morgan fingerprint density at radius 1 is 1.10 bits per heavy atom. The van der Waals surface area contributed by atoms with Crippen LogP contribution in [0.4, 0.5) is 5.69 Å². The number of nitro benzene ring substituents is 1. The van der Waals surface area contributed by atoms with Gasteiger partial charge < -0.3 is 14.2 Å². The fraction of sp³-hybridized carbons (Fsp3) is 0.550. The Kier molecular flexibility index (Phi) is 6.90. The highest BCUT2D eigenvalue weighted by Crippen LogP contribution is 2.62. The molecule has 1 aromatic rings. The summed E-state index contributed by atoms with van der Waals surface area (Å²) in [7, 11) is 0. The SMILES string of the molecule is CCOC(=O)C1C(C(=O)OCC)C1(C(=O)OC(C)(C)C)c1ccc([N+](=O)[O-])c(Br)c1. The van der Waals surface area contributed by atoms with Crippen LogP contribution in [-0.2, 0) is 34.0 Å². The monoisotopic (exact) mass is 485 g/mol. The van der Waals surface area contributed by atoms with Gasteiger partial charge in [0.1, 0.15) is 11.0 Å². The lowest BCUT2D eigenvalue weighted by molar-refractivity contribution is -0.385. The minimum Gasteiger partial charge on any atom is -0.466 e. The number of esters is 3. The van der Waals surface area contributed by atoms with Gasteiger partial charge in [-0.1, -0.05) is 6.07 Å². The van der Waals surface area contributed by atoms with Crippen LogP contribution in [0.5, 0.6) is 0 Å². The van der Waals surface area contributed by atoms with E-state index in [9.17, 15) is 24.5 Å². The summed E-state index contributed by atoms with van der Waals surface area (Å²) in [6.07, 6.45) is 0. The average Bonchev–Trinajstić information content (AvgIpc) is 3.32. The van der Waals surface area contributed by atoms with Crippen molar-refractivity contribution in [3.8, 4) is 0 Å². The maximum atomic E-state index is 13.3. The number of hydrogen-bond acceptors (Lipinski definition) is 8. The minimum atomic E-state index is -1.70. The molecule has 30 heavy (non-hydrogen) atoms. The predicted molar refractivity (Wildman–Crippen MR) is 109 cm³/mol. The van der Waals surface area contributed by atoms with E-state index in [1.54, 1.807) is 34.6 Å². The Hall–Kier alpha value is -2.49. The second-order valence-corrected chi connectivity index (χ2v) is 8.61. The van der Waals surface area contributed by atoms with Crippen LogP contribution in [0.15, 0.2) is 22.7 Å². The van der Waals surface area contributed by atoms with E-state index in [2.05, 4.69) is 15.9 Å². The summed E-state index contributed by atoms with van der Waals surface area (Å²) in [6.45, 7) is 8.30. The Balaban J connectivity index is 2.68. The van der Waals surface area contributed by atoms with Crippen LogP contribution in [-0.4, -0.2) is 41.6 Å². The average molecular weight is 486 g/mol. The maximum absolute atomic E-state index is 13.3.